The first kappa shape index (κ1) is 19.6. The van der Waals surface area contributed by atoms with Crippen molar-refractivity contribution in [2.75, 3.05) is 26.0 Å². The van der Waals surface area contributed by atoms with E-state index in [1.54, 1.807) is 6.07 Å². The largest absolute Gasteiger partial charge is 0.325 e. The summed E-state index contributed by atoms with van der Waals surface area (Å²) in [4.78, 5) is 14.8. The number of amides is 1. The van der Waals surface area contributed by atoms with E-state index in [-0.39, 0.29) is 15.8 Å². The van der Waals surface area contributed by atoms with Gasteiger partial charge in [-0.1, -0.05) is 11.6 Å². The molecular weight excluding hydrogens is 374 g/mol. The van der Waals surface area contributed by atoms with Gasteiger partial charge < -0.3 is 5.32 Å². The van der Waals surface area contributed by atoms with Crippen molar-refractivity contribution >= 4 is 33.2 Å². The highest BCUT2D eigenvalue weighted by atomic mass is 35.5. The van der Waals surface area contributed by atoms with E-state index in [0.717, 1.165) is 17.1 Å². The number of hydrogen-bond acceptors (Lipinski definition) is 4. The van der Waals surface area contributed by atoms with Gasteiger partial charge in [-0.15, -0.1) is 0 Å². The maximum atomic E-state index is 12.5. The Morgan fingerprint density at radius 3 is 2.46 bits per heavy atom. The molecule has 0 aromatic heterocycles. The standard InChI is InChI=1S/C18H26ClN3O3S/c1-12(13-4-5-13)22(15-7-8-15)11-18(23)20-14-6-9-16(19)17(10-14)26(24,25)21(2)3/h6,9-10,12-13,15H,4-5,7-8,11H2,1-3H3,(H,20,23). The molecule has 3 rings (SSSR count). The lowest BCUT2D eigenvalue weighted by Gasteiger charge is -2.28. The van der Waals surface area contributed by atoms with E-state index in [0.29, 0.717) is 30.2 Å². The van der Waals surface area contributed by atoms with Crippen LogP contribution in [0.25, 0.3) is 0 Å². The van der Waals surface area contributed by atoms with E-state index in [2.05, 4.69) is 17.1 Å². The lowest BCUT2D eigenvalue weighted by Crippen LogP contribution is -2.42. The van der Waals surface area contributed by atoms with Crippen molar-refractivity contribution in [2.45, 2.75) is 49.6 Å². The maximum Gasteiger partial charge on any atom is 0.244 e. The van der Waals surface area contributed by atoms with Crippen LogP contribution in [0.1, 0.15) is 32.6 Å². The van der Waals surface area contributed by atoms with Crippen LogP contribution in [0.15, 0.2) is 23.1 Å². The van der Waals surface area contributed by atoms with Gasteiger partial charge >= 0.3 is 0 Å². The van der Waals surface area contributed by atoms with Crippen molar-refractivity contribution in [3.8, 4) is 0 Å². The summed E-state index contributed by atoms with van der Waals surface area (Å²) in [5.74, 6) is 0.579. The zero-order valence-electron chi connectivity index (χ0n) is 15.4. The zero-order chi connectivity index (χ0) is 19.1. The van der Waals surface area contributed by atoms with Crippen LogP contribution in [0.2, 0.25) is 5.02 Å². The number of hydrogen-bond donors (Lipinski definition) is 1. The van der Waals surface area contributed by atoms with E-state index in [9.17, 15) is 13.2 Å². The molecule has 1 amide bonds. The van der Waals surface area contributed by atoms with Gasteiger partial charge in [0.2, 0.25) is 15.9 Å². The second-order valence-corrected chi connectivity index (χ2v) is 9.99. The van der Waals surface area contributed by atoms with Crippen LogP contribution < -0.4 is 5.32 Å². The van der Waals surface area contributed by atoms with Crippen LogP contribution in [0.3, 0.4) is 0 Å². The summed E-state index contributed by atoms with van der Waals surface area (Å²) in [6.07, 6.45) is 4.79. The minimum Gasteiger partial charge on any atom is -0.325 e. The lowest BCUT2D eigenvalue weighted by atomic mass is 10.1. The molecule has 0 aliphatic heterocycles. The number of nitrogens with one attached hydrogen (secondary N) is 1. The number of carbonyl (C=O) groups is 1. The Labute approximate surface area is 160 Å². The third-order valence-corrected chi connectivity index (χ3v) is 7.44. The molecule has 2 aliphatic carbocycles. The normalized spacial score (nSPS) is 19.0. The molecule has 0 spiro atoms. The van der Waals surface area contributed by atoms with Gasteiger partial charge in [0.1, 0.15) is 4.90 Å². The molecule has 1 unspecified atom stereocenters. The van der Waals surface area contributed by atoms with Crippen molar-refractivity contribution in [3.63, 3.8) is 0 Å². The van der Waals surface area contributed by atoms with E-state index in [4.69, 9.17) is 11.6 Å². The van der Waals surface area contributed by atoms with Gasteiger partial charge in [0.25, 0.3) is 0 Å². The summed E-state index contributed by atoms with van der Waals surface area (Å²) in [5, 5.41) is 2.96. The van der Waals surface area contributed by atoms with Crippen molar-refractivity contribution in [1.29, 1.82) is 0 Å². The third kappa shape index (κ3) is 4.39. The van der Waals surface area contributed by atoms with E-state index < -0.39 is 10.0 Å². The van der Waals surface area contributed by atoms with E-state index in [1.165, 1.54) is 39.1 Å². The Kier molecular flexibility index (Phi) is 5.63. The SMILES string of the molecule is CC(C1CC1)N(CC(=O)Nc1ccc(Cl)c(S(=O)(=O)N(C)C)c1)C1CC1. The highest BCUT2D eigenvalue weighted by molar-refractivity contribution is 7.89. The van der Waals surface area contributed by atoms with Crippen molar-refractivity contribution in [1.82, 2.24) is 9.21 Å². The highest BCUT2D eigenvalue weighted by Crippen LogP contribution is 2.39. The zero-order valence-corrected chi connectivity index (χ0v) is 17.0. The van der Waals surface area contributed by atoms with Gasteiger partial charge in [-0.25, -0.2) is 12.7 Å². The Bertz CT molecular complexity index is 789. The van der Waals surface area contributed by atoms with Crippen molar-refractivity contribution < 1.29 is 13.2 Å². The topological polar surface area (TPSA) is 69.7 Å². The molecule has 0 radical (unpaired) electrons. The fourth-order valence-electron chi connectivity index (χ4n) is 3.20. The summed E-state index contributed by atoms with van der Waals surface area (Å²) in [5.41, 5.74) is 0.439. The van der Waals surface area contributed by atoms with Crippen LogP contribution in [0, 0.1) is 5.92 Å². The average molecular weight is 400 g/mol. The molecule has 2 aliphatic rings. The molecule has 1 aromatic carbocycles. The summed E-state index contributed by atoms with van der Waals surface area (Å²) in [6, 6.07) is 5.47. The van der Waals surface area contributed by atoms with Crippen LogP contribution in [-0.4, -0.2) is 56.3 Å². The van der Waals surface area contributed by atoms with Crippen molar-refractivity contribution in [2.24, 2.45) is 5.92 Å². The number of rotatable bonds is 8. The number of nitrogens with zero attached hydrogens (tertiary/aromatic N) is 2. The van der Waals surface area contributed by atoms with E-state index in [1.807, 2.05) is 0 Å². The van der Waals surface area contributed by atoms with Crippen LogP contribution in [-0.2, 0) is 14.8 Å². The molecule has 144 valence electrons. The molecule has 1 atom stereocenters. The van der Waals surface area contributed by atoms with Gasteiger partial charge in [-0.05, 0) is 56.7 Å². The first-order valence-electron chi connectivity index (χ1n) is 8.98. The van der Waals surface area contributed by atoms with Gasteiger partial charge in [0.15, 0.2) is 0 Å². The smallest absolute Gasteiger partial charge is 0.244 e. The molecule has 8 heteroatoms. The molecule has 6 nitrogen and oxygen atoms in total. The van der Waals surface area contributed by atoms with Crippen LogP contribution in [0.4, 0.5) is 5.69 Å². The molecular formula is C18H26ClN3O3S. The van der Waals surface area contributed by atoms with Crippen molar-refractivity contribution in [3.05, 3.63) is 23.2 Å². The third-order valence-electron chi connectivity index (χ3n) is 5.14. The number of sulfonamides is 1. The number of carbonyl (C=O) groups excluding carboxylic acids is 1. The van der Waals surface area contributed by atoms with Crippen LogP contribution in [0.5, 0.6) is 0 Å². The summed E-state index contributed by atoms with van der Waals surface area (Å²) in [7, 11) is -0.773. The van der Waals surface area contributed by atoms with Gasteiger partial charge in [-0.2, -0.15) is 0 Å². The fourth-order valence-corrected chi connectivity index (χ4v) is 4.60. The van der Waals surface area contributed by atoms with Crippen LogP contribution >= 0.6 is 11.6 Å². The average Bonchev–Trinajstić information content (AvgIpc) is 3.46. The minimum absolute atomic E-state index is 0.00707. The molecule has 1 N–H and O–H groups in total. The highest BCUT2D eigenvalue weighted by Gasteiger charge is 2.39. The minimum atomic E-state index is -3.67. The Hall–Kier alpha value is -1.15. The lowest BCUT2D eigenvalue weighted by molar-refractivity contribution is -0.118. The van der Waals surface area contributed by atoms with Gasteiger partial charge in [0, 0.05) is 31.9 Å². The van der Waals surface area contributed by atoms with Gasteiger partial charge in [0.05, 0.1) is 11.6 Å². The Balaban J connectivity index is 1.71. The molecule has 2 saturated carbocycles. The summed E-state index contributed by atoms with van der Waals surface area (Å²) >= 11 is 6.05. The number of anilines is 1. The molecule has 0 bridgehead atoms. The monoisotopic (exact) mass is 399 g/mol. The number of halogens is 1. The summed E-state index contributed by atoms with van der Waals surface area (Å²) in [6.45, 7) is 2.54. The van der Waals surface area contributed by atoms with Gasteiger partial charge in [-0.3, -0.25) is 9.69 Å². The summed E-state index contributed by atoms with van der Waals surface area (Å²) < 4.78 is 25.8. The molecule has 1 aromatic rings. The molecule has 0 saturated heterocycles. The Morgan fingerprint density at radius 1 is 1.27 bits per heavy atom. The predicted molar refractivity (Wildman–Crippen MR) is 103 cm³/mol. The second kappa shape index (κ2) is 7.46. The second-order valence-electron chi connectivity index (χ2n) is 7.46. The first-order chi connectivity index (χ1) is 12.2. The quantitative estimate of drug-likeness (QED) is 0.729. The molecule has 26 heavy (non-hydrogen) atoms. The fraction of sp³-hybridized carbons (Fsp3) is 0.611. The number of benzene rings is 1. The predicted octanol–water partition coefficient (Wildman–Crippen LogP) is 2.79. The Morgan fingerprint density at radius 2 is 1.92 bits per heavy atom. The molecule has 2 fully saturated rings. The van der Waals surface area contributed by atoms with E-state index >= 15 is 0 Å². The maximum absolute atomic E-state index is 12.5. The first-order valence-corrected chi connectivity index (χ1v) is 10.8. The molecule has 0 heterocycles.